The van der Waals surface area contributed by atoms with Crippen LogP contribution in [-0.2, 0) is 7.05 Å². The molecule has 2 aromatic heterocycles. The van der Waals surface area contributed by atoms with Crippen LogP contribution in [0.2, 0.25) is 5.02 Å². The van der Waals surface area contributed by atoms with Crippen molar-refractivity contribution in [1.82, 2.24) is 4.57 Å². The quantitative estimate of drug-likeness (QED) is 0.775. The first-order valence-electron chi connectivity index (χ1n) is 5.75. The number of amides is 1. The normalized spacial score (nSPS) is 10.8. The summed E-state index contributed by atoms with van der Waals surface area (Å²) in [6.45, 7) is 0. The highest BCUT2D eigenvalue weighted by molar-refractivity contribution is 6.33. The molecule has 3 rings (SSSR count). The summed E-state index contributed by atoms with van der Waals surface area (Å²) < 4.78 is 7.06. The first kappa shape index (κ1) is 11.9. The molecule has 2 heterocycles. The van der Waals surface area contributed by atoms with Gasteiger partial charge in [-0.3, -0.25) is 4.79 Å². The van der Waals surface area contributed by atoms with Gasteiger partial charge < -0.3 is 14.3 Å². The summed E-state index contributed by atoms with van der Waals surface area (Å²) in [5.41, 5.74) is 2.68. The molecule has 4 nitrogen and oxygen atoms in total. The van der Waals surface area contributed by atoms with E-state index in [4.69, 9.17) is 16.0 Å². The van der Waals surface area contributed by atoms with Crippen molar-refractivity contribution in [3.8, 4) is 0 Å². The second-order valence-corrected chi connectivity index (χ2v) is 4.60. The maximum atomic E-state index is 12.2. The zero-order chi connectivity index (χ0) is 13.4. The highest BCUT2D eigenvalue weighted by atomic mass is 35.5. The molecule has 0 aliphatic carbocycles. The standard InChI is InChI=1S/C14H11ClN2O2/c1-17-11-6-7-19-13(11)8-12(17)14(18)16-10-5-3-2-4-9(10)15/h2-8H,1H3,(H,16,18). The van der Waals surface area contributed by atoms with Crippen LogP contribution in [0.15, 0.2) is 47.1 Å². The Bertz CT molecular complexity index is 758. The maximum absolute atomic E-state index is 12.2. The Balaban J connectivity index is 1.94. The summed E-state index contributed by atoms with van der Waals surface area (Å²) >= 11 is 6.01. The van der Waals surface area contributed by atoms with Crippen molar-refractivity contribution in [2.24, 2.45) is 7.05 Å². The van der Waals surface area contributed by atoms with Crippen LogP contribution >= 0.6 is 11.6 Å². The molecule has 1 aromatic carbocycles. The molecule has 0 fully saturated rings. The molecule has 0 radical (unpaired) electrons. The second kappa shape index (κ2) is 4.48. The number of para-hydroxylation sites is 1. The number of aromatic nitrogens is 1. The molecule has 0 saturated carbocycles. The number of nitrogens with one attached hydrogen (secondary N) is 1. The Morgan fingerprint density at radius 3 is 2.84 bits per heavy atom. The Morgan fingerprint density at radius 1 is 1.32 bits per heavy atom. The van der Waals surface area contributed by atoms with E-state index in [0.29, 0.717) is 22.0 Å². The van der Waals surface area contributed by atoms with E-state index < -0.39 is 0 Å². The second-order valence-electron chi connectivity index (χ2n) is 4.19. The Labute approximate surface area is 114 Å². The van der Waals surface area contributed by atoms with Gasteiger partial charge in [0, 0.05) is 19.2 Å². The van der Waals surface area contributed by atoms with E-state index in [9.17, 15) is 4.79 Å². The van der Waals surface area contributed by atoms with Crippen LogP contribution in [0.25, 0.3) is 11.1 Å². The SMILES string of the molecule is Cn1c(C(=O)Nc2ccccc2Cl)cc2occc21. The predicted molar refractivity (Wildman–Crippen MR) is 74.6 cm³/mol. The number of carbonyl (C=O) groups excluding carboxylic acids is 1. The Hall–Kier alpha value is -2.20. The van der Waals surface area contributed by atoms with Crippen molar-refractivity contribution in [3.63, 3.8) is 0 Å². The summed E-state index contributed by atoms with van der Waals surface area (Å²) in [7, 11) is 1.82. The van der Waals surface area contributed by atoms with Gasteiger partial charge in [0.2, 0.25) is 0 Å². The van der Waals surface area contributed by atoms with Crippen molar-refractivity contribution < 1.29 is 9.21 Å². The molecule has 3 aromatic rings. The van der Waals surface area contributed by atoms with Crippen LogP contribution in [0, 0.1) is 0 Å². The summed E-state index contributed by atoms with van der Waals surface area (Å²) in [5, 5.41) is 3.29. The smallest absolute Gasteiger partial charge is 0.272 e. The molecule has 0 aliphatic heterocycles. The van der Waals surface area contributed by atoms with Crippen molar-refractivity contribution in [1.29, 1.82) is 0 Å². The van der Waals surface area contributed by atoms with Gasteiger partial charge in [-0.1, -0.05) is 23.7 Å². The van der Waals surface area contributed by atoms with Gasteiger partial charge in [-0.2, -0.15) is 0 Å². The van der Waals surface area contributed by atoms with Crippen molar-refractivity contribution in [2.45, 2.75) is 0 Å². The molecular formula is C14H11ClN2O2. The highest BCUT2D eigenvalue weighted by Gasteiger charge is 2.15. The van der Waals surface area contributed by atoms with E-state index in [1.165, 1.54) is 0 Å². The van der Waals surface area contributed by atoms with Gasteiger partial charge in [-0.05, 0) is 12.1 Å². The summed E-state index contributed by atoms with van der Waals surface area (Å²) in [6, 6.07) is 10.6. The van der Waals surface area contributed by atoms with Crippen LogP contribution in [0.5, 0.6) is 0 Å². The molecule has 96 valence electrons. The van der Waals surface area contributed by atoms with Crippen molar-refractivity contribution in [3.05, 3.63) is 53.4 Å². The van der Waals surface area contributed by atoms with Gasteiger partial charge in [0.1, 0.15) is 5.69 Å². The van der Waals surface area contributed by atoms with Gasteiger partial charge in [0.25, 0.3) is 5.91 Å². The highest BCUT2D eigenvalue weighted by Crippen LogP contribution is 2.23. The lowest BCUT2D eigenvalue weighted by molar-refractivity contribution is 0.101. The summed E-state index contributed by atoms with van der Waals surface area (Å²) in [6.07, 6.45) is 1.60. The van der Waals surface area contributed by atoms with Gasteiger partial charge in [-0.25, -0.2) is 0 Å². The Kier molecular flexibility index (Phi) is 2.80. The largest absolute Gasteiger partial charge is 0.463 e. The van der Waals surface area contributed by atoms with E-state index in [1.54, 1.807) is 29.0 Å². The number of carbonyl (C=O) groups is 1. The van der Waals surface area contributed by atoms with Crippen LogP contribution in [-0.4, -0.2) is 10.5 Å². The fourth-order valence-electron chi connectivity index (χ4n) is 2.02. The average molecular weight is 275 g/mol. The fraction of sp³-hybridized carbons (Fsp3) is 0.0714. The topological polar surface area (TPSA) is 47.2 Å². The number of aryl methyl sites for hydroxylation is 1. The van der Waals surface area contributed by atoms with Crippen LogP contribution in [0.3, 0.4) is 0 Å². The van der Waals surface area contributed by atoms with Crippen LogP contribution < -0.4 is 5.32 Å². The molecule has 0 unspecified atom stereocenters. The number of hydrogen-bond acceptors (Lipinski definition) is 2. The van der Waals surface area contributed by atoms with Crippen LogP contribution in [0.4, 0.5) is 5.69 Å². The van der Waals surface area contributed by atoms with Gasteiger partial charge in [0.15, 0.2) is 5.58 Å². The third-order valence-corrected chi connectivity index (χ3v) is 3.35. The first-order chi connectivity index (χ1) is 9.16. The van der Waals surface area contributed by atoms with E-state index in [-0.39, 0.29) is 5.91 Å². The molecule has 1 amide bonds. The van der Waals surface area contributed by atoms with E-state index in [0.717, 1.165) is 5.52 Å². The molecule has 0 atom stereocenters. The fourth-order valence-corrected chi connectivity index (χ4v) is 2.20. The number of halogens is 1. The monoisotopic (exact) mass is 274 g/mol. The van der Waals surface area contributed by atoms with Crippen molar-refractivity contribution in [2.75, 3.05) is 5.32 Å². The van der Waals surface area contributed by atoms with Gasteiger partial charge >= 0.3 is 0 Å². The number of nitrogens with zero attached hydrogens (tertiary/aromatic N) is 1. The minimum Gasteiger partial charge on any atom is -0.463 e. The lowest BCUT2D eigenvalue weighted by atomic mass is 10.3. The molecule has 0 saturated heterocycles. The molecule has 0 spiro atoms. The van der Waals surface area contributed by atoms with Crippen LogP contribution in [0.1, 0.15) is 10.5 Å². The lowest BCUT2D eigenvalue weighted by Crippen LogP contribution is -2.15. The van der Waals surface area contributed by atoms with Crippen molar-refractivity contribution >= 4 is 34.3 Å². The third-order valence-electron chi connectivity index (χ3n) is 3.02. The predicted octanol–water partition coefficient (Wildman–Crippen LogP) is 3.68. The number of benzene rings is 1. The minimum absolute atomic E-state index is 0.220. The summed E-state index contributed by atoms with van der Waals surface area (Å²) in [4.78, 5) is 12.2. The van der Waals surface area contributed by atoms with E-state index in [2.05, 4.69) is 5.32 Å². The maximum Gasteiger partial charge on any atom is 0.272 e. The molecule has 19 heavy (non-hydrogen) atoms. The van der Waals surface area contributed by atoms with E-state index >= 15 is 0 Å². The van der Waals surface area contributed by atoms with Gasteiger partial charge in [0.05, 0.1) is 22.5 Å². The number of hydrogen-bond donors (Lipinski definition) is 1. The molecule has 5 heteroatoms. The number of rotatable bonds is 2. The zero-order valence-corrected chi connectivity index (χ0v) is 10.9. The lowest BCUT2D eigenvalue weighted by Gasteiger charge is -2.07. The third kappa shape index (κ3) is 2.00. The molecule has 0 aliphatic rings. The van der Waals surface area contributed by atoms with E-state index in [1.807, 2.05) is 25.2 Å². The first-order valence-corrected chi connectivity index (χ1v) is 6.13. The molecule has 0 bridgehead atoms. The summed E-state index contributed by atoms with van der Waals surface area (Å²) in [5.74, 6) is -0.220. The number of furan rings is 1. The number of anilines is 1. The zero-order valence-electron chi connectivity index (χ0n) is 10.2. The molecular weight excluding hydrogens is 264 g/mol. The Morgan fingerprint density at radius 2 is 2.11 bits per heavy atom. The average Bonchev–Trinajstić information content (AvgIpc) is 2.96. The minimum atomic E-state index is -0.220. The molecule has 1 N–H and O–H groups in total. The number of fused-ring (bicyclic) bond motifs is 1. The van der Waals surface area contributed by atoms with Gasteiger partial charge in [-0.15, -0.1) is 0 Å².